The van der Waals surface area contributed by atoms with Crippen LogP contribution in [0.4, 0.5) is 39.5 Å². The van der Waals surface area contributed by atoms with Gasteiger partial charge in [-0.15, -0.1) is 13.2 Å². The lowest BCUT2D eigenvalue weighted by atomic mass is 9.80. The number of unbranched alkanes of at least 4 members (excludes halogenated alkanes) is 2. The number of esters is 1. The lowest BCUT2D eigenvalue weighted by Gasteiger charge is -2.35. The Labute approximate surface area is 293 Å². The van der Waals surface area contributed by atoms with E-state index >= 15 is 0 Å². The normalized spacial score (nSPS) is 14.0. The number of aryl methyl sites for hydroxylation is 1. The van der Waals surface area contributed by atoms with E-state index in [1.165, 1.54) is 39.8 Å². The van der Waals surface area contributed by atoms with Gasteiger partial charge in [0.05, 0.1) is 11.5 Å². The summed E-state index contributed by atoms with van der Waals surface area (Å²) in [6, 6.07) is 7.97. The Morgan fingerprint density at radius 2 is 1.46 bits per heavy atom. The van der Waals surface area contributed by atoms with Crippen molar-refractivity contribution in [2.75, 3.05) is 13.2 Å². The first-order valence-electron chi connectivity index (χ1n) is 16.1. The van der Waals surface area contributed by atoms with Gasteiger partial charge in [0.2, 0.25) is 0 Å². The summed E-state index contributed by atoms with van der Waals surface area (Å²) >= 11 is 0. The van der Waals surface area contributed by atoms with Crippen LogP contribution in [0.25, 0.3) is 22.1 Å². The third-order valence-corrected chi connectivity index (χ3v) is 7.99. The van der Waals surface area contributed by atoms with Gasteiger partial charge in [-0.05, 0) is 76.8 Å². The second kappa shape index (κ2) is 15.5. The Morgan fingerprint density at radius 3 is 2.04 bits per heavy atom. The van der Waals surface area contributed by atoms with Gasteiger partial charge in [0.15, 0.2) is 13.2 Å². The minimum absolute atomic E-state index is 0.0503. The highest BCUT2D eigenvalue weighted by atomic mass is 19.4. The smallest absolute Gasteiger partial charge is 0.487 e. The molecule has 0 spiro atoms. The van der Waals surface area contributed by atoms with E-state index in [0.29, 0.717) is 18.4 Å². The number of alkyl halides is 9. The summed E-state index contributed by atoms with van der Waals surface area (Å²) in [6.07, 6.45) is -2.43. The fourth-order valence-corrected chi connectivity index (χ4v) is 5.16. The van der Waals surface area contributed by atoms with E-state index in [-0.39, 0.29) is 28.5 Å². The molecule has 17 heteroatoms. The molecule has 290 valence electrons. The van der Waals surface area contributed by atoms with Crippen LogP contribution in [0.2, 0.25) is 0 Å². The largest absolute Gasteiger partial charge is 0.573 e. The molecule has 4 N–H and O–H groups in total. The molecule has 0 bridgehead atoms. The van der Waals surface area contributed by atoms with Crippen LogP contribution in [-0.4, -0.2) is 54.4 Å². The molecule has 3 aromatic rings. The summed E-state index contributed by atoms with van der Waals surface area (Å²) in [6.45, 7) is 2.92. The van der Waals surface area contributed by atoms with Gasteiger partial charge in [-0.1, -0.05) is 31.9 Å². The number of hydrogen-bond acceptors (Lipinski definition) is 8. The number of rotatable bonds is 17. The first kappa shape index (κ1) is 42.4. The number of halogens is 9. The predicted molar refractivity (Wildman–Crippen MR) is 174 cm³/mol. The van der Waals surface area contributed by atoms with Gasteiger partial charge in [-0.3, -0.25) is 4.79 Å². The molecule has 0 amide bonds. The van der Waals surface area contributed by atoms with Gasteiger partial charge >= 0.3 is 35.7 Å². The van der Waals surface area contributed by atoms with Crippen LogP contribution in [0, 0.1) is 5.92 Å². The number of nitrogens with two attached hydrogens (primary N) is 2. The maximum atomic E-state index is 14.7. The zero-order valence-corrected chi connectivity index (χ0v) is 29.1. The summed E-state index contributed by atoms with van der Waals surface area (Å²) in [5.74, 6) is -21.3. The molecule has 0 fully saturated rings. The molecule has 0 aliphatic carbocycles. The van der Waals surface area contributed by atoms with Crippen LogP contribution in [0.3, 0.4) is 0 Å². The highest BCUT2D eigenvalue weighted by molar-refractivity contribution is 5.84. The summed E-state index contributed by atoms with van der Waals surface area (Å²) in [7, 11) is 0. The maximum Gasteiger partial charge on any atom is 0.573 e. The Bertz CT molecular complexity index is 1760. The third kappa shape index (κ3) is 10.8. The van der Waals surface area contributed by atoms with Crippen molar-refractivity contribution in [1.82, 2.24) is 0 Å². The minimum atomic E-state index is -6.10. The van der Waals surface area contributed by atoms with Crippen LogP contribution in [0.1, 0.15) is 65.9 Å². The van der Waals surface area contributed by atoms with Gasteiger partial charge in [-0.2, -0.15) is 26.3 Å². The van der Waals surface area contributed by atoms with Gasteiger partial charge < -0.3 is 30.1 Å². The van der Waals surface area contributed by atoms with Crippen molar-refractivity contribution in [3.63, 3.8) is 0 Å². The molecule has 1 unspecified atom stereocenters. The molecule has 0 saturated carbocycles. The summed E-state index contributed by atoms with van der Waals surface area (Å²) < 4.78 is 146. The average Bonchev–Trinajstić information content (AvgIpc) is 2.99. The topological polar surface area (TPSA) is 127 Å². The Balaban J connectivity index is 1.81. The Morgan fingerprint density at radius 1 is 0.827 bits per heavy atom. The van der Waals surface area contributed by atoms with Crippen molar-refractivity contribution < 1.29 is 62.9 Å². The Hall–Kier alpha value is -3.99. The van der Waals surface area contributed by atoms with E-state index in [1.807, 2.05) is 6.92 Å². The number of fused-ring (bicyclic) bond motifs is 1. The average molecular weight is 757 g/mol. The van der Waals surface area contributed by atoms with Gasteiger partial charge in [0, 0.05) is 28.1 Å². The number of carbonyl (C=O) groups is 1. The fourth-order valence-electron chi connectivity index (χ4n) is 5.16. The molecule has 0 aliphatic rings. The predicted octanol–water partition coefficient (Wildman–Crippen LogP) is 8.40. The molecule has 0 aliphatic heterocycles. The van der Waals surface area contributed by atoms with E-state index in [4.69, 9.17) is 20.6 Å². The second-order valence-electron chi connectivity index (χ2n) is 13.9. The molecule has 1 heterocycles. The maximum absolute atomic E-state index is 14.7. The Kier molecular flexibility index (Phi) is 12.7. The molecule has 0 saturated heterocycles. The monoisotopic (exact) mass is 756 g/mol. The molecule has 2 aromatic carbocycles. The number of carbonyl (C=O) groups excluding carboxylic acids is 1. The van der Waals surface area contributed by atoms with Crippen molar-refractivity contribution in [3.05, 3.63) is 58.4 Å². The zero-order chi connectivity index (χ0) is 39.5. The van der Waals surface area contributed by atoms with Crippen LogP contribution < -0.4 is 26.6 Å². The molecular formula is C35H41F9N2O6. The molecule has 1 aromatic heterocycles. The molecule has 0 radical (unpaired) electrons. The van der Waals surface area contributed by atoms with Crippen molar-refractivity contribution in [1.29, 1.82) is 0 Å². The molecule has 52 heavy (non-hydrogen) atoms. The molecule has 3 rings (SSSR count). The van der Waals surface area contributed by atoms with Crippen LogP contribution in [-0.2, 0) is 16.0 Å². The van der Waals surface area contributed by atoms with Gasteiger partial charge in [0.1, 0.15) is 17.1 Å². The second-order valence-corrected chi connectivity index (χ2v) is 13.9. The summed E-state index contributed by atoms with van der Waals surface area (Å²) in [5, 5.41) is 0.0503. The minimum Gasteiger partial charge on any atom is -0.487 e. The van der Waals surface area contributed by atoms with E-state index in [2.05, 4.69) is 9.47 Å². The van der Waals surface area contributed by atoms with E-state index in [9.17, 15) is 49.1 Å². The number of hydrogen-bond donors (Lipinski definition) is 2. The molecule has 8 nitrogen and oxygen atoms in total. The van der Waals surface area contributed by atoms with Crippen molar-refractivity contribution >= 4 is 16.9 Å². The summed E-state index contributed by atoms with van der Waals surface area (Å²) in [4.78, 5) is 25.4. The number of ether oxygens (including phenoxy) is 3. The highest BCUT2D eigenvalue weighted by Crippen LogP contribution is 2.46. The summed E-state index contributed by atoms with van der Waals surface area (Å²) in [5.41, 5.74) is 7.72. The quantitative estimate of drug-likeness (QED) is 0.0609. The fraction of sp³-hybridized carbons (Fsp3) is 0.543. The van der Waals surface area contributed by atoms with Crippen molar-refractivity contribution in [2.45, 2.75) is 102 Å². The van der Waals surface area contributed by atoms with Crippen molar-refractivity contribution in [2.24, 2.45) is 17.4 Å². The van der Waals surface area contributed by atoms with E-state index < -0.39 is 77.4 Å². The van der Waals surface area contributed by atoms with E-state index in [0.717, 1.165) is 43.2 Å². The van der Waals surface area contributed by atoms with Crippen LogP contribution in [0.5, 0.6) is 11.5 Å². The zero-order valence-electron chi connectivity index (χ0n) is 29.1. The lowest BCUT2D eigenvalue weighted by molar-refractivity contribution is -0.322. The third-order valence-electron chi connectivity index (χ3n) is 7.99. The van der Waals surface area contributed by atoms with Gasteiger partial charge in [0.25, 0.3) is 0 Å². The molecular weight excluding hydrogens is 715 g/mol. The number of benzene rings is 2. The SMILES string of the molecule is CCCCCc1ccc(-c2cc3ccc(OCC(F)(F)C(F)(F)C(F)(F)COC(=O)C(CC(C)(C)N)C(C)(C)N)cc3oc2=O)c(OC(F)(F)F)c1. The first-order valence-corrected chi connectivity index (χ1v) is 16.1. The van der Waals surface area contributed by atoms with E-state index in [1.54, 1.807) is 0 Å². The van der Waals surface area contributed by atoms with Crippen molar-refractivity contribution in [3.8, 4) is 22.6 Å². The van der Waals surface area contributed by atoms with Gasteiger partial charge in [-0.25, -0.2) is 4.79 Å². The lowest BCUT2D eigenvalue weighted by Crippen LogP contribution is -2.59. The first-order chi connectivity index (χ1) is 23.7. The molecule has 1 atom stereocenters. The van der Waals surface area contributed by atoms with Crippen LogP contribution >= 0.6 is 0 Å². The highest BCUT2D eigenvalue weighted by Gasteiger charge is 2.72. The van der Waals surface area contributed by atoms with Crippen LogP contribution in [0.15, 0.2) is 51.7 Å². The standard InChI is InChI=1S/C35H41F9N2O6/c1-6-7-8-9-20-10-13-23(27(14-20)52-35(42,43)44)24-15-21-11-12-22(16-26(21)51-28(24)47)49-18-32(36,37)34(40,41)33(38,39)19-50-29(48)25(31(4,5)46)17-30(2,3)45/h10-16,25H,6-9,17-19,45-46H2,1-5H3.